The van der Waals surface area contributed by atoms with Gasteiger partial charge >= 0.3 is 6.03 Å². The van der Waals surface area contributed by atoms with Crippen molar-refractivity contribution in [2.75, 3.05) is 39.3 Å². The molecule has 3 atom stereocenters. The van der Waals surface area contributed by atoms with E-state index in [-0.39, 0.29) is 12.1 Å². The van der Waals surface area contributed by atoms with E-state index in [1.54, 1.807) is 0 Å². The van der Waals surface area contributed by atoms with Crippen molar-refractivity contribution in [3.63, 3.8) is 0 Å². The molecule has 3 aliphatic heterocycles. The number of urea groups is 1. The first-order chi connectivity index (χ1) is 12.8. The molecular weight excluding hydrogens is 326 g/mol. The van der Waals surface area contributed by atoms with Crippen LogP contribution in [-0.4, -0.2) is 67.3 Å². The van der Waals surface area contributed by atoms with Crippen LogP contribution in [0.1, 0.15) is 43.6 Å². The van der Waals surface area contributed by atoms with E-state index in [9.17, 15) is 4.79 Å². The maximum Gasteiger partial charge on any atom is 0.317 e. The molecule has 4 rings (SSSR count). The van der Waals surface area contributed by atoms with Crippen LogP contribution in [0.2, 0.25) is 0 Å². The Kier molecular flexibility index (Phi) is 5.75. The van der Waals surface area contributed by atoms with Gasteiger partial charge in [-0.05, 0) is 50.8 Å². The molecule has 3 heterocycles. The zero-order valence-corrected chi connectivity index (χ0v) is 15.6. The Labute approximate surface area is 156 Å². The lowest BCUT2D eigenvalue weighted by Gasteiger charge is -2.29. The summed E-state index contributed by atoms with van der Waals surface area (Å²) in [6.07, 6.45) is 5.99. The largest absolute Gasteiger partial charge is 0.376 e. The number of hydrogen-bond acceptors (Lipinski definition) is 3. The van der Waals surface area contributed by atoms with Crippen LogP contribution < -0.4 is 5.32 Å². The second kappa shape index (κ2) is 8.40. The monoisotopic (exact) mass is 357 g/mol. The van der Waals surface area contributed by atoms with Crippen LogP contribution in [-0.2, 0) is 4.74 Å². The quantitative estimate of drug-likeness (QED) is 0.881. The molecule has 5 heteroatoms. The molecule has 5 nitrogen and oxygen atoms in total. The number of carbonyl (C=O) groups is 1. The number of benzene rings is 1. The van der Waals surface area contributed by atoms with Crippen molar-refractivity contribution >= 4 is 6.03 Å². The van der Waals surface area contributed by atoms with E-state index in [0.717, 1.165) is 39.0 Å². The average molecular weight is 357 g/mol. The highest BCUT2D eigenvalue weighted by Crippen LogP contribution is 2.29. The van der Waals surface area contributed by atoms with Gasteiger partial charge in [0.25, 0.3) is 0 Å². The van der Waals surface area contributed by atoms with Gasteiger partial charge in [0.2, 0.25) is 0 Å². The Morgan fingerprint density at radius 2 is 1.92 bits per heavy atom. The van der Waals surface area contributed by atoms with E-state index >= 15 is 0 Å². The summed E-state index contributed by atoms with van der Waals surface area (Å²) in [5.74, 6) is 0.452. The number of hydrogen-bond donors (Lipinski definition) is 1. The molecule has 3 saturated heterocycles. The van der Waals surface area contributed by atoms with Crippen LogP contribution in [0, 0.1) is 0 Å². The summed E-state index contributed by atoms with van der Waals surface area (Å²) in [7, 11) is 0. The number of nitrogens with one attached hydrogen (secondary N) is 1. The van der Waals surface area contributed by atoms with Crippen LogP contribution in [0.4, 0.5) is 4.79 Å². The molecule has 1 aromatic rings. The summed E-state index contributed by atoms with van der Waals surface area (Å²) < 4.78 is 5.93. The molecule has 1 aromatic carbocycles. The van der Waals surface area contributed by atoms with E-state index in [0.29, 0.717) is 18.5 Å². The lowest BCUT2D eigenvalue weighted by molar-refractivity contribution is 0.106. The molecular formula is C21H31N3O2. The van der Waals surface area contributed by atoms with Crippen molar-refractivity contribution in [1.29, 1.82) is 0 Å². The van der Waals surface area contributed by atoms with E-state index < -0.39 is 0 Å². The van der Waals surface area contributed by atoms with Gasteiger partial charge in [-0.1, -0.05) is 30.3 Å². The van der Waals surface area contributed by atoms with Crippen molar-refractivity contribution in [2.45, 2.75) is 50.2 Å². The van der Waals surface area contributed by atoms with E-state index in [1.165, 1.54) is 31.5 Å². The molecule has 142 valence electrons. The third kappa shape index (κ3) is 4.21. The number of likely N-dealkylation sites (tertiary alicyclic amines) is 2. The SMILES string of the molecule is O=C(NC[C@@H]1C[C@H](c2ccccc2)CO1)N1CCCC1CN1CCCC1. The summed E-state index contributed by atoms with van der Waals surface area (Å²) in [6.45, 7) is 5.71. The molecule has 3 aliphatic rings. The molecule has 0 saturated carbocycles. The van der Waals surface area contributed by atoms with Crippen LogP contribution in [0.25, 0.3) is 0 Å². The smallest absolute Gasteiger partial charge is 0.317 e. The number of carbonyl (C=O) groups excluding carboxylic acids is 1. The van der Waals surface area contributed by atoms with Gasteiger partial charge in [0.1, 0.15) is 0 Å². The number of ether oxygens (including phenoxy) is 1. The molecule has 1 N–H and O–H groups in total. The zero-order chi connectivity index (χ0) is 17.8. The fraction of sp³-hybridized carbons (Fsp3) is 0.667. The summed E-state index contributed by atoms with van der Waals surface area (Å²) >= 11 is 0. The van der Waals surface area contributed by atoms with Gasteiger partial charge in [-0.2, -0.15) is 0 Å². The first kappa shape index (κ1) is 17.8. The molecule has 0 aromatic heterocycles. The fourth-order valence-corrected chi connectivity index (χ4v) is 4.66. The minimum atomic E-state index is 0.0958. The van der Waals surface area contributed by atoms with Crippen LogP contribution in [0.3, 0.4) is 0 Å². The molecule has 3 fully saturated rings. The molecule has 26 heavy (non-hydrogen) atoms. The lowest BCUT2D eigenvalue weighted by atomic mass is 9.96. The number of amides is 2. The van der Waals surface area contributed by atoms with E-state index in [2.05, 4.69) is 39.4 Å². The zero-order valence-electron chi connectivity index (χ0n) is 15.6. The van der Waals surface area contributed by atoms with Gasteiger partial charge < -0.3 is 19.9 Å². The fourth-order valence-electron chi connectivity index (χ4n) is 4.66. The van der Waals surface area contributed by atoms with Gasteiger partial charge in [-0.3, -0.25) is 0 Å². The molecule has 0 spiro atoms. The van der Waals surface area contributed by atoms with Gasteiger partial charge in [-0.25, -0.2) is 4.79 Å². The molecule has 0 bridgehead atoms. The highest BCUT2D eigenvalue weighted by Gasteiger charge is 2.32. The molecule has 2 amide bonds. The average Bonchev–Trinajstić information content (AvgIpc) is 3.43. The third-order valence-corrected chi connectivity index (χ3v) is 6.14. The second-order valence-corrected chi connectivity index (χ2v) is 7.98. The third-order valence-electron chi connectivity index (χ3n) is 6.14. The first-order valence-corrected chi connectivity index (χ1v) is 10.2. The summed E-state index contributed by atoms with van der Waals surface area (Å²) in [6, 6.07) is 11.0. The Morgan fingerprint density at radius 1 is 1.12 bits per heavy atom. The van der Waals surface area contributed by atoms with Gasteiger partial charge in [0.05, 0.1) is 12.7 Å². The van der Waals surface area contributed by atoms with Gasteiger partial charge in [0.15, 0.2) is 0 Å². The Hall–Kier alpha value is -1.59. The maximum atomic E-state index is 12.7. The first-order valence-electron chi connectivity index (χ1n) is 10.2. The van der Waals surface area contributed by atoms with Crippen molar-refractivity contribution in [3.8, 4) is 0 Å². The summed E-state index contributed by atoms with van der Waals surface area (Å²) in [4.78, 5) is 17.3. The topological polar surface area (TPSA) is 44.8 Å². The number of rotatable bonds is 5. The van der Waals surface area contributed by atoms with Crippen molar-refractivity contribution in [3.05, 3.63) is 35.9 Å². The minimum absolute atomic E-state index is 0.0958. The molecule has 0 radical (unpaired) electrons. The van der Waals surface area contributed by atoms with E-state index in [4.69, 9.17) is 4.74 Å². The predicted octanol–water partition coefficient (Wildman–Crippen LogP) is 2.83. The predicted molar refractivity (Wildman–Crippen MR) is 102 cm³/mol. The minimum Gasteiger partial charge on any atom is -0.376 e. The second-order valence-electron chi connectivity index (χ2n) is 7.98. The molecule has 1 unspecified atom stereocenters. The Balaban J connectivity index is 1.23. The van der Waals surface area contributed by atoms with Crippen LogP contribution >= 0.6 is 0 Å². The summed E-state index contributed by atoms with van der Waals surface area (Å²) in [5.41, 5.74) is 1.34. The highest BCUT2D eigenvalue weighted by atomic mass is 16.5. The van der Waals surface area contributed by atoms with Crippen LogP contribution in [0.5, 0.6) is 0 Å². The van der Waals surface area contributed by atoms with Crippen LogP contribution in [0.15, 0.2) is 30.3 Å². The Morgan fingerprint density at radius 3 is 2.73 bits per heavy atom. The van der Waals surface area contributed by atoms with Gasteiger partial charge in [-0.15, -0.1) is 0 Å². The van der Waals surface area contributed by atoms with Crippen molar-refractivity contribution in [1.82, 2.24) is 15.1 Å². The lowest BCUT2D eigenvalue weighted by Crippen LogP contribution is -2.48. The molecule has 0 aliphatic carbocycles. The highest BCUT2D eigenvalue weighted by molar-refractivity contribution is 5.74. The number of nitrogens with zero attached hydrogens (tertiary/aromatic N) is 2. The van der Waals surface area contributed by atoms with E-state index in [1.807, 2.05) is 6.07 Å². The summed E-state index contributed by atoms with van der Waals surface area (Å²) in [5, 5.41) is 3.14. The van der Waals surface area contributed by atoms with Gasteiger partial charge in [0, 0.05) is 31.6 Å². The normalized spacial score (nSPS) is 29.4. The van der Waals surface area contributed by atoms with Crippen molar-refractivity contribution in [2.24, 2.45) is 0 Å². The Bertz CT molecular complexity index is 588. The van der Waals surface area contributed by atoms with Crippen molar-refractivity contribution < 1.29 is 9.53 Å². The maximum absolute atomic E-state index is 12.7. The standard InChI is InChI=1S/C21H31N3O2/c25-21(24-12-6-9-19(24)15-23-10-4-5-11-23)22-14-20-13-18(16-26-20)17-7-2-1-3-8-17/h1-3,7-8,18-20H,4-6,9-16H2,(H,22,25)/t18-,19?,20-/m0/s1.